The molecule has 0 atom stereocenters. The molecule has 0 N–H and O–H groups in total. The Morgan fingerprint density at radius 2 is 1.41 bits per heavy atom. The molecule has 0 fully saturated rings. The van der Waals surface area contributed by atoms with Gasteiger partial charge in [0.2, 0.25) is 0 Å². The van der Waals surface area contributed by atoms with Gasteiger partial charge in [-0.3, -0.25) is 9.55 Å². The molecule has 0 aliphatic carbocycles. The zero-order chi connectivity index (χ0) is 33.1. The van der Waals surface area contributed by atoms with Crippen LogP contribution in [0.25, 0.3) is 38.4 Å². The lowest BCUT2D eigenvalue weighted by atomic mass is 9.88. The molecule has 0 radical (unpaired) electrons. The topological polar surface area (TPSA) is 59.3 Å². The van der Waals surface area contributed by atoms with Crippen molar-refractivity contribution < 1.29 is 4.74 Å². The molecule has 49 heavy (non-hydrogen) atoms. The van der Waals surface area contributed by atoms with Gasteiger partial charge in [-0.1, -0.05) is 69.3 Å². The highest BCUT2D eigenvalue weighted by molar-refractivity contribution is 6.09. The van der Waals surface area contributed by atoms with E-state index in [0.717, 1.165) is 67.4 Å². The first-order valence-electron chi connectivity index (χ1n) is 16.5. The molecule has 0 unspecified atom stereocenters. The summed E-state index contributed by atoms with van der Waals surface area (Å²) in [5.74, 6) is 3.29. The predicted molar refractivity (Wildman–Crippen MR) is 199 cm³/mol. The molecule has 9 rings (SSSR count). The third kappa shape index (κ3) is 5.02. The minimum atomic E-state index is 0.00464. The maximum atomic E-state index is 6.60. The monoisotopic (exact) mass is 638 g/mol. The van der Waals surface area contributed by atoms with Gasteiger partial charge in [0.25, 0.3) is 0 Å². The summed E-state index contributed by atoms with van der Waals surface area (Å²) in [5, 5.41) is 4.62. The van der Waals surface area contributed by atoms with E-state index in [1.165, 1.54) is 10.9 Å². The first-order chi connectivity index (χ1) is 23.9. The van der Waals surface area contributed by atoms with Crippen LogP contribution in [0, 0.1) is 0 Å². The lowest BCUT2D eigenvalue weighted by Gasteiger charge is -2.22. The summed E-state index contributed by atoms with van der Waals surface area (Å²) in [6.45, 7) is 7.29. The van der Waals surface area contributed by atoms with E-state index in [-0.39, 0.29) is 5.41 Å². The molecule has 7 heteroatoms. The van der Waals surface area contributed by atoms with E-state index in [0.29, 0.717) is 6.67 Å². The van der Waals surface area contributed by atoms with Crippen LogP contribution in [0.15, 0.2) is 140 Å². The Hall–Kier alpha value is -6.21. The van der Waals surface area contributed by atoms with Gasteiger partial charge in [-0.15, -0.1) is 0 Å². The molecule has 0 saturated carbocycles. The average molecular weight is 639 g/mol. The van der Waals surface area contributed by atoms with E-state index in [1.54, 1.807) is 0 Å². The Morgan fingerprint density at radius 1 is 0.592 bits per heavy atom. The van der Waals surface area contributed by atoms with Crippen molar-refractivity contribution in [3.05, 3.63) is 146 Å². The molecule has 238 valence electrons. The van der Waals surface area contributed by atoms with Crippen molar-refractivity contribution in [2.24, 2.45) is 0 Å². The highest BCUT2D eigenvalue weighted by Crippen LogP contribution is 2.44. The lowest BCUT2D eigenvalue weighted by Crippen LogP contribution is -2.24. The Labute approximate surface area is 284 Å². The largest absolute Gasteiger partial charge is 0.457 e. The number of benzene rings is 4. The molecule has 8 aromatic rings. The van der Waals surface area contributed by atoms with Crippen LogP contribution in [0.1, 0.15) is 26.3 Å². The number of nitrogens with zero attached hydrogens (tertiary/aromatic N) is 6. The molecule has 0 saturated heterocycles. The minimum Gasteiger partial charge on any atom is -0.457 e. The molecule has 1 aliphatic rings. The van der Waals surface area contributed by atoms with Crippen molar-refractivity contribution in [1.82, 2.24) is 19.5 Å². The van der Waals surface area contributed by atoms with Gasteiger partial charge in [0.05, 0.1) is 28.6 Å². The number of hydrogen-bond acceptors (Lipinski definition) is 6. The van der Waals surface area contributed by atoms with Crippen LogP contribution in [0.3, 0.4) is 0 Å². The van der Waals surface area contributed by atoms with Gasteiger partial charge in [-0.05, 0) is 71.0 Å². The summed E-state index contributed by atoms with van der Waals surface area (Å²) in [6.07, 6.45) is 7.60. The molecule has 5 heterocycles. The van der Waals surface area contributed by atoms with Gasteiger partial charge < -0.3 is 14.5 Å². The molecular formula is C42H34N6O. The van der Waals surface area contributed by atoms with Crippen LogP contribution >= 0.6 is 0 Å². The molecule has 4 aromatic carbocycles. The smallest absolute Gasteiger partial charge is 0.137 e. The molecular weight excluding hydrogens is 605 g/mol. The summed E-state index contributed by atoms with van der Waals surface area (Å²) < 4.78 is 8.84. The number of rotatable bonds is 5. The van der Waals surface area contributed by atoms with Gasteiger partial charge in [-0.2, -0.15) is 0 Å². The van der Waals surface area contributed by atoms with Crippen molar-refractivity contribution >= 4 is 55.5 Å². The first kappa shape index (κ1) is 29.0. The van der Waals surface area contributed by atoms with Crippen molar-refractivity contribution in [3.63, 3.8) is 0 Å². The molecule has 0 bridgehead atoms. The number of pyridine rings is 3. The standard InChI is InChI=1S/C42H34N6O/c1-42(2,3)30-17-20-44-41(22-30)48-36-14-7-6-13-34(36)35-16-15-33(24-38(35)48)49-32-12-8-11-31(23-32)46-27-47(37-18-19-43-26-39(37)46)40-21-28-9-4-5-10-29(28)25-45-40/h4-26H,27H2,1-3H3. The summed E-state index contributed by atoms with van der Waals surface area (Å²) in [6, 6.07) is 39.9. The van der Waals surface area contributed by atoms with E-state index in [4.69, 9.17) is 14.7 Å². The molecule has 1 aliphatic heterocycles. The normalized spacial score (nSPS) is 13.0. The fraction of sp³-hybridized carbons (Fsp3) is 0.119. The molecule has 0 amide bonds. The average Bonchev–Trinajstić information content (AvgIpc) is 3.67. The number of fused-ring (bicyclic) bond motifs is 5. The Bertz CT molecular complexity index is 2530. The van der Waals surface area contributed by atoms with Gasteiger partial charge in [0.15, 0.2) is 0 Å². The van der Waals surface area contributed by atoms with Crippen molar-refractivity contribution in [3.8, 4) is 17.3 Å². The van der Waals surface area contributed by atoms with Gasteiger partial charge in [0, 0.05) is 52.6 Å². The summed E-state index contributed by atoms with van der Waals surface area (Å²) >= 11 is 0. The van der Waals surface area contributed by atoms with Crippen LogP contribution in [0.4, 0.5) is 22.9 Å². The number of aromatic nitrogens is 4. The second-order valence-corrected chi connectivity index (χ2v) is 13.5. The molecule has 4 aromatic heterocycles. The maximum absolute atomic E-state index is 6.60. The maximum Gasteiger partial charge on any atom is 0.137 e. The van der Waals surface area contributed by atoms with Crippen molar-refractivity contribution in [2.75, 3.05) is 16.5 Å². The minimum absolute atomic E-state index is 0.00464. The second-order valence-electron chi connectivity index (χ2n) is 13.5. The zero-order valence-electron chi connectivity index (χ0n) is 27.6. The van der Waals surface area contributed by atoms with Crippen LogP contribution < -0.4 is 14.5 Å². The SMILES string of the molecule is CC(C)(C)c1ccnc(-n2c3ccccc3c3ccc(Oc4cccc(N5CN(c6cc7ccccc7cn6)c6ccncc65)c4)cc32)c1. The summed E-state index contributed by atoms with van der Waals surface area (Å²) in [5.41, 5.74) is 6.49. The van der Waals surface area contributed by atoms with E-state index >= 15 is 0 Å². The third-order valence-corrected chi connectivity index (χ3v) is 9.39. The van der Waals surface area contributed by atoms with Crippen LogP contribution in [-0.2, 0) is 5.41 Å². The summed E-state index contributed by atoms with van der Waals surface area (Å²) in [7, 11) is 0. The van der Waals surface area contributed by atoms with Crippen molar-refractivity contribution in [2.45, 2.75) is 26.2 Å². The van der Waals surface area contributed by atoms with Crippen LogP contribution in [0.2, 0.25) is 0 Å². The number of hydrogen-bond donors (Lipinski definition) is 0. The number of anilines is 4. The van der Waals surface area contributed by atoms with Crippen LogP contribution in [0.5, 0.6) is 11.5 Å². The number of para-hydroxylation sites is 1. The highest BCUT2D eigenvalue weighted by Gasteiger charge is 2.29. The van der Waals surface area contributed by atoms with E-state index in [1.807, 2.05) is 55.1 Å². The van der Waals surface area contributed by atoms with Gasteiger partial charge in [0.1, 0.15) is 29.8 Å². The van der Waals surface area contributed by atoms with E-state index in [9.17, 15) is 0 Å². The predicted octanol–water partition coefficient (Wildman–Crippen LogP) is 10.5. The fourth-order valence-electron chi connectivity index (χ4n) is 6.86. The Morgan fingerprint density at radius 3 is 2.31 bits per heavy atom. The Kier molecular flexibility index (Phi) is 6.62. The zero-order valence-corrected chi connectivity index (χ0v) is 27.6. The number of ether oxygens (including phenoxy) is 1. The lowest BCUT2D eigenvalue weighted by molar-refractivity contribution is 0.483. The second kappa shape index (κ2) is 11.2. The van der Waals surface area contributed by atoms with E-state index in [2.05, 4.69) is 125 Å². The summed E-state index contributed by atoms with van der Waals surface area (Å²) in [4.78, 5) is 18.6. The van der Waals surface area contributed by atoms with Crippen molar-refractivity contribution in [1.29, 1.82) is 0 Å². The Balaban J connectivity index is 1.07. The highest BCUT2D eigenvalue weighted by atomic mass is 16.5. The van der Waals surface area contributed by atoms with Gasteiger partial charge in [-0.25, -0.2) is 9.97 Å². The van der Waals surface area contributed by atoms with Gasteiger partial charge >= 0.3 is 0 Å². The third-order valence-electron chi connectivity index (χ3n) is 9.39. The van der Waals surface area contributed by atoms with E-state index < -0.39 is 0 Å². The fourth-order valence-corrected chi connectivity index (χ4v) is 6.86. The molecule has 0 spiro atoms. The molecule has 7 nitrogen and oxygen atoms in total. The first-order valence-corrected chi connectivity index (χ1v) is 16.5. The quantitative estimate of drug-likeness (QED) is 0.187. The van der Waals surface area contributed by atoms with Crippen LogP contribution in [-0.4, -0.2) is 26.2 Å².